The molecule has 2 aromatic carbocycles. The molecule has 0 N–H and O–H groups in total. The fraction of sp³-hybridized carbons (Fsp3) is 0.406. The Morgan fingerprint density at radius 2 is 1.98 bits per heavy atom. The lowest BCUT2D eigenvalue weighted by Crippen LogP contribution is -2.54. The molecular formula is C32H35ClFN5O3. The van der Waals surface area contributed by atoms with Gasteiger partial charge in [0.25, 0.3) is 5.91 Å². The lowest BCUT2D eigenvalue weighted by molar-refractivity contribution is -0.129. The number of rotatable bonds is 6. The Morgan fingerprint density at radius 1 is 1.19 bits per heavy atom. The molecule has 3 aromatic rings. The molecule has 0 aliphatic carbocycles. The number of likely N-dealkylation sites (N-methyl/N-ethyl adjacent to an activating group) is 1. The van der Waals surface area contributed by atoms with Crippen molar-refractivity contribution in [3.05, 3.63) is 70.5 Å². The topological polar surface area (TPSA) is 71.0 Å². The number of carbonyl (C=O) groups is 1. The summed E-state index contributed by atoms with van der Waals surface area (Å²) in [6.07, 6.45) is 2.77. The van der Waals surface area contributed by atoms with Gasteiger partial charge < -0.3 is 24.2 Å². The zero-order chi connectivity index (χ0) is 29.5. The number of nitrogens with zero attached hydrogens (tertiary/aromatic N) is 5. The Hall–Kier alpha value is -3.69. The Balaban J connectivity index is 1.37. The number of piperazine rings is 1. The summed E-state index contributed by atoms with van der Waals surface area (Å²) < 4.78 is 26.4. The lowest BCUT2D eigenvalue weighted by atomic mass is 9.96. The molecule has 1 aromatic heterocycles. The van der Waals surface area contributed by atoms with Crippen molar-refractivity contribution in [1.29, 1.82) is 0 Å². The number of hydrogen-bond donors (Lipinski definition) is 0. The fourth-order valence-corrected chi connectivity index (χ4v) is 6.55. The van der Waals surface area contributed by atoms with Crippen LogP contribution in [0, 0.1) is 0 Å². The Kier molecular flexibility index (Phi) is 7.81. The minimum Gasteiger partial charge on any atom is -0.462 e. The van der Waals surface area contributed by atoms with Gasteiger partial charge in [0.05, 0.1) is 5.56 Å². The number of anilines is 1. The molecule has 0 bridgehead atoms. The molecule has 3 aliphatic rings. The highest BCUT2D eigenvalue weighted by Gasteiger charge is 2.34. The molecule has 0 saturated carbocycles. The molecule has 6 rings (SSSR count). The van der Waals surface area contributed by atoms with Gasteiger partial charge in [0.15, 0.2) is 5.83 Å². The molecular weight excluding hydrogens is 557 g/mol. The van der Waals surface area contributed by atoms with Gasteiger partial charge in [0, 0.05) is 54.1 Å². The summed E-state index contributed by atoms with van der Waals surface area (Å²) in [6.45, 7) is 9.92. The Morgan fingerprint density at radius 3 is 2.69 bits per heavy atom. The number of likely N-dealkylation sites (tertiary alicyclic amines) is 1. The van der Waals surface area contributed by atoms with E-state index in [-0.39, 0.29) is 12.1 Å². The second-order valence-electron chi connectivity index (χ2n) is 11.4. The fourth-order valence-electron chi connectivity index (χ4n) is 6.26. The van der Waals surface area contributed by atoms with Crippen LogP contribution in [0.25, 0.3) is 16.5 Å². The van der Waals surface area contributed by atoms with Crippen molar-refractivity contribution in [1.82, 2.24) is 19.8 Å². The van der Waals surface area contributed by atoms with E-state index in [1.807, 2.05) is 50.2 Å². The van der Waals surface area contributed by atoms with Gasteiger partial charge in [-0.15, -0.1) is 0 Å². The largest absolute Gasteiger partial charge is 0.462 e. The number of carbonyl (C=O) groups excluding carboxylic acids is 1. The van der Waals surface area contributed by atoms with Crippen LogP contribution in [0.3, 0.4) is 0 Å². The molecule has 1 unspecified atom stereocenters. The summed E-state index contributed by atoms with van der Waals surface area (Å²) in [4.78, 5) is 27.9. The van der Waals surface area contributed by atoms with Gasteiger partial charge in [-0.3, -0.25) is 4.79 Å². The number of ether oxygens (including phenoxy) is 2. The normalized spacial score (nSPS) is 21.0. The van der Waals surface area contributed by atoms with E-state index < -0.39 is 11.7 Å². The number of aromatic nitrogens is 2. The molecule has 4 heterocycles. The maximum absolute atomic E-state index is 13.6. The molecule has 10 heteroatoms. The molecule has 0 radical (unpaired) electrons. The van der Waals surface area contributed by atoms with Gasteiger partial charge >= 0.3 is 6.01 Å². The maximum atomic E-state index is 13.6. The van der Waals surface area contributed by atoms with E-state index in [0.29, 0.717) is 55.4 Å². The van der Waals surface area contributed by atoms with Gasteiger partial charge in [0.2, 0.25) is 5.88 Å². The van der Waals surface area contributed by atoms with Crippen LogP contribution in [-0.2, 0) is 11.2 Å². The third-order valence-electron chi connectivity index (χ3n) is 8.55. The highest BCUT2D eigenvalue weighted by molar-refractivity contribution is 6.36. The SMILES string of the molecule is C=C(F)C(=O)N1CCN(c2nc(OCC3CCCN3C)nc3c2CC(C)=C(c2cccc4cccc(Cl)c24)O3)[C@@H](C)C1. The molecule has 1 amide bonds. The zero-order valence-electron chi connectivity index (χ0n) is 24.2. The minimum atomic E-state index is -0.946. The van der Waals surface area contributed by atoms with E-state index in [4.69, 9.17) is 31.0 Å². The van der Waals surface area contributed by atoms with Crippen molar-refractivity contribution in [2.75, 3.05) is 44.7 Å². The first-order chi connectivity index (χ1) is 20.2. The number of hydrogen-bond acceptors (Lipinski definition) is 7. The summed E-state index contributed by atoms with van der Waals surface area (Å²) in [5, 5.41) is 2.61. The van der Waals surface area contributed by atoms with Gasteiger partial charge in [-0.1, -0.05) is 48.5 Å². The molecule has 0 spiro atoms. The lowest BCUT2D eigenvalue weighted by Gasteiger charge is -2.41. The van der Waals surface area contributed by atoms with Crippen LogP contribution in [0.5, 0.6) is 11.9 Å². The molecule has 2 fully saturated rings. The van der Waals surface area contributed by atoms with Crippen LogP contribution < -0.4 is 14.4 Å². The Labute approximate surface area is 250 Å². The van der Waals surface area contributed by atoms with Gasteiger partial charge in [-0.2, -0.15) is 9.97 Å². The van der Waals surface area contributed by atoms with Crippen molar-refractivity contribution < 1.29 is 18.7 Å². The van der Waals surface area contributed by atoms with Crippen molar-refractivity contribution in [2.45, 2.75) is 45.2 Å². The van der Waals surface area contributed by atoms with Crippen LogP contribution in [0.1, 0.15) is 37.8 Å². The number of amides is 1. The van der Waals surface area contributed by atoms with Crippen LogP contribution in [0.2, 0.25) is 5.02 Å². The predicted molar refractivity (Wildman–Crippen MR) is 163 cm³/mol. The third-order valence-corrected chi connectivity index (χ3v) is 8.86. The minimum absolute atomic E-state index is 0.127. The quantitative estimate of drug-likeness (QED) is 0.343. The summed E-state index contributed by atoms with van der Waals surface area (Å²) in [7, 11) is 2.10. The average molecular weight is 592 g/mol. The van der Waals surface area contributed by atoms with E-state index in [0.717, 1.165) is 52.6 Å². The summed E-state index contributed by atoms with van der Waals surface area (Å²) in [5.74, 6) is 0.261. The van der Waals surface area contributed by atoms with E-state index in [9.17, 15) is 9.18 Å². The molecule has 2 saturated heterocycles. The molecule has 42 heavy (non-hydrogen) atoms. The predicted octanol–water partition coefficient (Wildman–Crippen LogP) is 5.64. The second-order valence-corrected chi connectivity index (χ2v) is 11.8. The average Bonchev–Trinajstić information content (AvgIpc) is 3.39. The first kappa shape index (κ1) is 28.4. The number of allylic oxidation sites excluding steroid dienone is 1. The summed E-state index contributed by atoms with van der Waals surface area (Å²) >= 11 is 6.67. The van der Waals surface area contributed by atoms with E-state index in [1.54, 1.807) is 0 Å². The van der Waals surface area contributed by atoms with E-state index in [2.05, 4.69) is 23.4 Å². The zero-order valence-corrected chi connectivity index (χ0v) is 25.0. The third kappa shape index (κ3) is 5.31. The van der Waals surface area contributed by atoms with Crippen molar-refractivity contribution in [3.8, 4) is 11.9 Å². The highest BCUT2D eigenvalue weighted by Crippen LogP contribution is 2.42. The number of benzene rings is 2. The summed E-state index contributed by atoms with van der Waals surface area (Å²) in [5.41, 5.74) is 2.79. The number of fused-ring (bicyclic) bond motifs is 2. The first-order valence-corrected chi connectivity index (χ1v) is 14.8. The van der Waals surface area contributed by atoms with Crippen LogP contribution in [-0.4, -0.2) is 77.6 Å². The van der Waals surface area contributed by atoms with Crippen molar-refractivity contribution >= 4 is 39.9 Å². The van der Waals surface area contributed by atoms with Crippen LogP contribution in [0.4, 0.5) is 10.2 Å². The monoisotopic (exact) mass is 591 g/mol. The van der Waals surface area contributed by atoms with E-state index in [1.165, 1.54) is 4.90 Å². The highest BCUT2D eigenvalue weighted by atomic mass is 35.5. The molecule has 220 valence electrons. The number of halogens is 2. The van der Waals surface area contributed by atoms with Crippen LogP contribution in [0.15, 0.2) is 54.4 Å². The molecule has 3 aliphatic heterocycles. The Bertz CT molecular complexity index is 1590. The van der Waals surface area contributed by atoms with Crippen molar-refractivity contribution in [3.63, 3.8) is 0 Å². The van der Waals surface area contributed by atoms with E-state index >= 15 is 0 Å². The van der Waals surface area contributed by atoms with Gasteiger partial charge in [-0.05, 0) is 57.3 Å². The van der Waals surface area contributed by atoms with Gasteiger partial charge in [-0.25, -0.2) is 4.39 Å². The van der Waals surface area contributed by atoms with Crippen molar-refractivity contribution in [2.24, 2.45) is 0 Å². The molecule has 8 nitrogen and oxygen atoms in total. The maximum Gasteiger partial charge on any atom is 0.321 e. The smallest absolute Gasteiger partial charge is 0.321 e. The molecule has 2 atom stereocenters. The van der Waals surface area contributed by atoms with Gasteiger partial charge in [0.1, 0.15) is 18.2 Å². The summed E-state index contributed by atoms with van der Waals surface area (Å²) in [6, 6.07) is 12.3. The standard InChI is InChI=1S/C32H35ClFN5O3/c1-19-16-25-29(39-15-14-38(17-20(39)2)31(40)21(3)34)35-32(41-18-23-10-7-13-37(23)4)36-30(25)42-28(19)24-11-5-8-22-9-6-12-26(33)27(22)24/h5-6,8-9,11-12,20,23H,3,7,10,13-18H2,1-2,4H3/t20-,23?/m0/s1. The second kappa shape index (κ2) is 11.5. The first-order valence-electron chi connectivity index (χ1n) is 14.4. The van der Waals surface area contributed by atoms with Crippen LogP contribution >= 0.6 is 11.6 Å².